The standard InChI is InChI=1S/C21H15BrClF7N2O2/c22-15-7-11(1-4-13(15)19(34)31-9-18(33)32-10-20(25,26)27)2-5-14(21(28,29)30)12-3-6-17(24)16(23)8-12/h1-8,14H,9-10H2,(H,31,34)(H,32,33)/b5-2+. The number of carbonyl (C=O) groups is 2. The summed E-state index contributed by atoms with van der Waals surface area (Å²) in [6.07, 6.45) is -7.30. The van der Waals surface area contributed by atoms with Crippen LogP contribution < -0.4 is 10.6 Å². The maximum Gasteiger partial charge on any atom is 0.405 e. The van der Waals surface area contributed by atoms with Crippen LogP contribution >= 0.6 is 27.5 Å². The van der Waals surface area contributed by atoms with Gasteiger partial charge in [0.25, 0.3) is 5.91 Å². The van der Waals surface area contributed by atoms with Crippen LogP contribution in [0.25, 0.3) is 6.08 Å². The first kappa shape index (κ1) is 27.6. The number of allylic oxidation sites excluding steroid dienone is 1. The molecule has 0 aliphatic heterocycles. The fourth-order valence-corrected chi connectivity index (χ4v) is 3.42. The van der Waals surface area contributed by atoms with Crippen molar-refractivity contribution in [1.82, 2.24) is 10.6 Å². The molecule has 2 N–H and O–H groups in total. The van der Waals surface area contributed by atoms with Gasteiger partial charge in [-0.05, 0) is 51.3 Å². The molecule has 1 atom stereocenters. The maximum atomic E-state index is 13.5. The van der Waals surface area contributed by atoms with Gasteiger partial charge in [0.05, 0.1) is 23.0 Å². The third-order valence-electron chi connectivity index (χ3n) is 4.27. The molecule has 0 fully saturated rings. The number of halogens is 9. The number of benzene rings is 2. The van der Waals surface area contributed by atoms with Gasteiger partial charge in [-0.2, -0.15) is 26.3 Å². The Hall–Kier alpha value is -2.60. The molecule has 0 saturated carbocycles. The average Bonchev–Trinajstić information content (AvgIpc) is 2.71. The lowest BCUT2D eigenvalue weighted by molar-refractivity contribution is -0.139. The highest BCUT2D eigenvalue weighted by molar-refractivity contribution is 9.10. The summed E-state index contributed by atoms with van der Waals surface area (Å²) in [7, 11) is 0. The van der Waals surface area contributed by atoms with E-state index in [0.717, 1.165) is 30.4 Å². The van der Waals surface area contributed by atoms with E-state index in [2.05, 4.69) is 21.2 Å². The number of amides is 2. The van der Waals surface area contributed by atoms with E-state index in [1.807, 2.05) is 0 Å². The first-order chi connectivity index (χ1) is 15.7. The molecule has 0 heterocycles. The van der Waals surface area contributed by atoms with E-state index in [1.54, 1.807) is 5.32 Å². The highest BCUT2D eigenvalue weighted by Gasteiger charge is 2.39. The van der Waals surface area contributed by atoms with Crippen LogP contribution in [0, 0.1) is 5.82 Å². The minimum absolute atomic E-state index is 0.00143. The molecular weight excluding hydrogens is 561 g/mol. The quantitative estimate of drug-likeness (QED) is 0.398. The second-order valence-electron chi connectivity index (χ2n) is 6.87. The SMILES string of the molecule is O=C(CNC(=O)c1ccc(/C=C/C(c2ccc(F)c(Cl)c2)C(F)(F)F)cc1Br)NCC(F)(F)F. The van der Waals surface area contributed by atoms with Crippen molar-refractivity contribution in [3.8, 4) is 0 Å². The van der Waals surface area contributed by atoms with Crippen LogP contribution in [0.15, 0.2) is 46.9 Å². The second kappa shape index (κ2) is 11.2. The molecule has 0 aliphatic rings. The molecule has 0 aromatic heterocycles. The number of hydrogen-bond acceptors (Lipinski definition) is 2. The van der Waals surface area contributed by atoms with Gasteiger partial charge in [-0.3, -0.25) is 9.59 Å². The lowest BCUT2D eigenvalue weighted by atomic mass is 9.97. The van der Waals surface area contributed by atoms with Crippen molar-refractivity contribution in [2.75, 3.05) is 13.1 Å². The van der Waals surface area contributed by atoms with Crippen LogP contribution in [0.5, 0.6) is 0 Å². The summed E-state index contributed by atoms with van der Waals surface area (Å²) >= 11 is 8.69. The Morgan fingerprint density at radius 3 is 2.26 bits per heavy atom. The van der Waals surface area contributed by atoms with Crippen molar-refractivity contribution in [2.45, 2.75) is 18.3 Å². The molecule has 184 valence electrons. The van der Waals surface area contributed by atoms with Gasteiger partial charge in [0.1, 0.15) is 12.4 Å². The summed E-state index contributed by atoms with van der Waals surface area (Å²) in [5.74, 6) is -4.78. The van der Waals surface area contributed by atoms with Crippen molar-refractivity contribution < 1.29 is 40.3 Å². The minimum atomic E-state index is -4.69. The summed E-state index contributed by atoms with van der Waals surface area (Å²) in [6, 6.07) is 6.60. The predicted molar refractivity (Wildman–Crippen MR) is 115 cm³/mol. The normalized spacial score (nSPS) is 13.1. The third-order valence-corrected chi connectivity index (χ3v) is 5.22. The smallest absolute Gasteiger partial charge is 0.345 e. The van der Waals surface area contributed by atoms with Crippen molar-refractivity contribution in [2.24, 2.45) is 0 Å². The molecule has 0 aliphatic carbocycles. The average molecular weight is 576 g/mol. The van der Waals surface area contributed by atoms with Crippen LogP contribution in [0.4, 0.5) is 30.7 Å². The number of alkyl halides is 6. The summed E-state index contributed by atoms with van der Waals surface area (Å²) in [5.41, 5.74) is 0.00118. The molecule has 2 rings (SSSR count). The Bertz CT molecular complexity index is 1090. The van der Waals surface area contributed by atoms with Gasteiger partial charge in [0, 0.05) is 4.47 Å². The lowest BCUT2D eigenvalue weighted by Gasteiger charge is -2.17. The van der Waals surface area contributed by atoms with Gasteiger partial charge in [-0.15, -0.1) is 0 Å². The Morgan fingerprint density at radius 2 is 1.71 bits per heavy atom. The van der Waals surface area contributed by atoms with E-state index in [9.17, 15) is 40.3 Å². The molecule has 0 radical (unpaired) electrons. The topological polar surface area (TPSA) is 58.2 Å². The largest absolute Gasteiger partial charge is 0.405 e. The summed E-state index contributed by atoms with van der Waals surface area (Å²) in [4.78, 5) is 23.6. The Balaban J connectivity index is 2.11. The fraction of sp³-hybridized carbons (Fsp3) is 0.238. The first-order valence-electron chi connectivity index (χ1n) is 9.28. The molecule has 2 aromatic carbocycles. The first-order valence-corrected chi connectivity index (χ1v) is 10.5. The summed E-state index contributed by atoms with van der Waals surface area (Å²) < 4.78 is 90.3. The van der Waals surface area contributed by atoms with Crippen molar-refractivity contribution >= 4 is 45.4 Å². The van der Waals surface area contributed by atoms with E-state index < -0.39 is 54.0 Å². The van der Waals surface area contributed by atoms with E-state index >= 15 is 0 Å². The molecule has 34 heavy (non-hydrogen) atoms. The molecule has 2 amide bonds. The molecule has 1 unspecified atom stereocenters. The Kier molecular flexibility index (Phi) is 9.12. The van der Waals surface area contributed by atoms with Crippen LogP contribution in [-0.4, -0.2) is 37.3 Å². The molecular formula is C21H15BrClF7N2O2. The number of nitrogens with one attached hydrogen (secondary N) is 2. The number of carbonyl (C=O) groups excluding carboxylic acids is 2. The van der Waals surface area contributed by atoms with Gasteiger partial charge < -0.3 is 10.6 Å². The van der Waals surface area contributed by atoms with Gasteiger partial charge in [-0.1, -0.05) is 35.9 Å². The number of rotatable bonds is 7. The third kappa shape index (κ3) is 8.32. The van der Waals surface area contributed by atoms with E-state index in [4.69, 9.17) is 11.6 Å². The van der Waals surface area contributed by atoms with Crippen LogP contribution in [0.2, 0.25) is 5.02 Å². The highest BCUT2D eigenvalue weighted by Crippen LogP contribution is 2.37. The minimum Gasteiger partial charge on any atom is -0.345 e. The molecule has 0 bridgehead atoms. The van der Waals surface area contributed by atoms with Crippen LogP contribution in [0.3, 0.4) is 0 Å². The van der Waals surface area contributed by atoms with Gasteiger partial charge in [-0.25, -0.2) is 4.39 Å². The van der Waals surface area contributed by atoms with Crippen molar-refractivity contribution in [1.29, 1.82) is 0 Å². The van der Waals surface area contributed by atoms with Crippen molar-refractivity contribution in [3.05, 3.63) is 74.5 Å². The van der Waals surface area contributed by atoms with Gasteiger partial charge in [0.15, 0.2) is 0 Å². The molecule has 2 aromatic rings. The zero-order valence-electron chi connectivity index (χ0n) is 16.8. The van der Waals surface area contributed by atoms with E-state index in [-0.39, 0.29) is 21.2 Å². The fourth-order valence-electron chi connectivity index (χ4n) is 2.66. The summed E-state index contributed by atoms with van der Waals surface area (Å²) in [6.45, 7) is -2.26. The monoisotopic (exact) mass is 574 g/mol. The van der Waals surface area contributed by atoms with E-state index in [0.29, 0.717) is 0 Å². The lowest BCUT2D eigenvalue weighted by Crippen LogP contribution is -2.40. The zero-order chi connectivity index (χ0) is 25.7. The van der Waals surface area contributed by atoms with Gasteiger partial charge >= 0.3 is 12.4 Å². The maximum absolute atomic E-state index is 13.5. The Labute approximate surface area is 202 Å². The van der Waals surface area contributed by atoms with Crippen LogP contribution in [-0.2, 0) is 4.79 Å². The van der Waals surface area contributed by atoms with Crippen LogP contribution in [0.1, 0.15) is 27.4 Å². The van der Waals surface area contributed by atoms with E-state index in [1.165, 1.54) is 18.2 Å². The molecule has 13 heteroatoms. The molecule has 0 saturated heterocycles. The predicted octanol–water partition coefficient (Wildman–Crippen LogP) is 6.01. The summed E-state index contributed by atoms with van der Waals surface area (Å²) in [5, 5.41) is 3.28. The van der Waals surface area contributed by atoms with Crippen molar-refractivity contribution in [3.63, 3.8) is 0 Å². The molecule has 0 spiro atoms. The number of hydrogen-bond donors (Lipinski definition) is 2. The Morgan fingerprint density at radius 1 is 1.03 bits per heavy atom. The van der Waals surface area contributed by atoms with Gasteiger partial charge in [0.2, 0.25) is 5.91 Å². The highest BCUT2D eigenvalue weighted by atomic mass is 79.9. The molecule has 4 nitrogen and oxygen atoms in total. The second-order valence-corrected chi connectivity index (χ2v) is 8.13. The zero-order valence-corrected chi connectivity index (χ0v) is 19.2.